The normalized spacial score (nSPS) is 23.6. The van der Waals surface area contributed by atoms with E-state index >= 15 is 0 Å². The summed E-state index contributed by atoms with van der Waals surface area (Å²) < 4.78 is 44.1. The molecule has 0 spiro atoms. The molecule has 2 unspecified atom stereocenters. The summed E-state index contributed by atoms with van der Waals surface area (Å²) in [5.41, 5.74) is -0.711. The zero-order valence-electron chi connectivity index (χ0n) is 14.0. The number of hydrogen-bond acceptors (Lipinski definition) is 4. The van der Waals surface area contributed by atoms with Gasteiger partial charge in [0.25, 0.3) is 0 Å². The van der Waals surface area contributed by atoms with E-state index in [1.807, 2.05) is 0 Å². The van der Waals surface area contributed by atoms with Gasteiger partial charge in [-0.1, -0.05) is 0 Å². The number of piperazine rings is 1. The van der Waals surface area contributed by atoms with Gasteiger partial charge in [0, 0.05) is 19.1 Å². The molecule has 1 aliphatic heterocycles. The maximum absolute atomic E-state index is 13.0. The van der Waals surface area contributed by atoms with Crippen molar-refractivity contribution in [1.82, 2.24) is 15.1 Å². The largest absolute Gasteiger partial charge is 0.444 e. The van der Waals surface area contributed by atoms with Crippen LogP contribution in [0.5, 0.6) is 0 Å². The Hall–Kier alpha value is -1.51. The topological polar surface area (TPSA) is 61.9 Å². The third kappa shape index (κ3) is 5.89. The van der Waals surface area contributed by atoms with Crippen molar-refractivity contribution in [3.63, 3.8) is 0 Å². The van der Waals surface area contributed by atoms with Crippen LogP contribution in [0.3, 0.4) is 0 Å². The van der Waals surface area contributed by atoms with E-state index in [9.17, 15) is 22.8 Å². The first kappa shape index (κ1) is 19.5. The molecule has 0 aromatic rings. The Morgan fingerprint density at radius 1 is 1.22 bits per heavy atom. The Kier molecular flexibility index (Phi) is 5.89. The Balaban J connectivity index is 2.61. The Labute approximate surface area is 133 Å². The van der Waals surface area contributed by atoms with E-state index in [0.717, 1.165) is 4.90 Å². The molecular weight excluding hydrogens is 315 g/mol. The molecule has 1 heterocycles. The van der Waals surface area contributed by atoms with Crippen molar-refractivity contribution < 1.29 is 27.5 Å². The summed E-state index contributed by atoms with van der Waals surface area (Å²) in [4.78, 5) is 25.9. The minimum absolute atomic E-state index is 0.178. The van der Waals surface area contributed by atoms with Gasteiger partial charge in [-0.25, -0.2) is 4.79 Å². The molecule has 0 aromatic carbocycles. The fraction of sp³-hybridized carbons (Fsp3) is 0.857. The van der Waals surface area contributed by atoms with Gasteiger partial charge >= 0.3 is 12.3 Å². The fourth-order valence-electron chi connectivity index (χ4n) is 2.28. The van der Waals surface area contributed by atoms with Crippen molar-refractivity contribution >= 4 is 12.0 Å². The summed E-state index contributed by atoms with van der Waals surface area (Å²) in [6.07, 6.45) is -5.19. The Morgan fingerprint density at radius 3 is 2.26 bits per heavy atom. The van der Waals surface area contributed by atoms with Crippen LogP contribution >= 0.6 is 0 Å². The van der Waals surface area contributed by atoms with E-state index in [2.05, 4.69) is 5.32 Å². The molecule has 2 atom stereocenters. The number of carbonyl (C=O) groups is 2. The lowest BCUT2D eigenvalue weighted by atomic mass is 10.1. The van der Waals surface area contributed by atoms with Crippen molar-refractivity contribution in [2.45, 2.75) is 51.6 Å². The maximum atomic E-state index is 13.0. The van der Waals surface area contributed by atoms with Gasteiger partial charge in [0.1, 0.15) is 18.2 Å². The molecule has 1 aliphatic rings. The molecular formula is C14H24F3N3O3. The number of rotatable bonds is 2. The number of likely N-dealkylation sites (N-methyl/N-ethyl adjacent to an activating group) is 1. The summed E-state index contributed by atoms with van der Waals surface area (Å²) in [6, 6.07) is -2.14. The third-order valence-corrected chi connectivity index (χ3v) is 3.58. The molecule has 0 bridgehead atoms. The average molecular weight is 339 g/mol. The number of ether oxygens (including phenoxy) is 1. The van der Waals surface area contributed by atoms with E-state index in [-0.39, 0.29) is 6.54 Å². The number of nitrogens with zero attached hydrogens (tertiary/aromatic N) is 2. The standard InChI is InChI=1S/C14H24F3N3O3/c1-9-7-20(8-10(19(9)5)14(15,16)17)11(21)6-18-12(22)23-13(2,3)4/h9-10H,6-8H2,1-5H3,(H,18,22). The molecule has 2 amide bonds. The van der Waals surface area contributed by atoms with Crippen LogP contribution in [-0.4, -0.2) is 72.3 Å². The zero-order valence-corrected chi connectivity index (χ0v) is 14.0. The monoisotopic (exact) mass is 339 g/mol. The van der Waals surface area contributed by atoms with Gasteiger partial charge in [0.05, 0.1) is 0 Å². The number of carbonyl (C=O) groups excluding carboxylic acids is 2. The summed E-state index contributed by atoms with van der Waals surface area (Å²) >= 11 is 0. The molecule has 23 heavy (non-hydrogen) atoms. The average Bonchev–Trinajstić information content (AvgIpc) is 2.35. The van der Waals surface area contributed by atoms with E-state index < -0.39 is 49.0 Å². The quantitative estimate of drug-likeness (QED) is 0.830. The molecule has 6 nitrogen and oxygen atoms in total. The van der Waals surface area contributed by atoms with Crippen LogP contribution in [-0.2, 0) is 9.53 Å². The highest BCUT2D eigenvalue weighted by atomic mass is 19.4. The molecule has 0 saturated carbocycles. The van der Waals surface area contributed by atoms with Gasteiger partial charge in [-0.2, -0.15) is 13.2 Å². The second-order valence-corrected chi connectivity index (χ2v) is 6.73. The van der Waals surface area contributed by atoms with Crippen LogP contribution in [0.25, 0.3) is 0 Å². The number of amides is 2. The SMILES string of the molecule is CC1CN(C(=O)CNC(=O)OC(C)(C)C)CC(C(F)(F)F)N1C. The molecule has 0 aromatic heterocycles. The minimum Gasteiger partial charge on any atom is -0.444 e. The second kappa shape index (κ2) is 6.94. The summed E-state index contributed by atoms with van der Waals surface area (Å²) in [6.45, 7) is 5.98. The van der Waals surface area contributed by atoms with E-state index in [1.165, 1.54) is 11.9 Å². The highest BCUT2D eigenvalue weighted by molar-refractivity contribution is 5.82. The van der Waals surface area contributed by atoms with Crippen LogP contribution in [0.15, 0.2) is 0 Å². The fourth-order valence-corrected chi connectivity index (χ4v) is 2.28. The van der Waals surface area contributed by atoms with Crippen molar-refractivity contribution in [3.8, 4) is 0 Å². The molecule has 0 aliphatic carbocycles. The van der Waals surface area contributed by atoms with Crippen molar-refractivity contribution in [3.05, 3.63) is 0 Å². The van der Waals surface area contributed by atoms with Crippen LogP contribution < -0.4 is 5.32 Å². The minimum atomic E-state index is -4.42. The van der Waals surface area contributed by atoms with Crippen LogP contribution in [0.1, 0.15) is 27.7 Å². The first-order valence-corrected chi connectivity index (χ1v) is 7.34. The number of halogens is 3. The van der Waals surface area contributed by atoms with Gasteiger partial charge in [-0.15, -0.1) is 0 Å². The molecule has 1 rings (SSSR count). The Morgan fingerprint density at radius 2 is 1.78 bits per heavy atom. The molecule has 1 fully saturated rings. The number of nitrogens with one attached hydrogen (secondary N) is 1. The summed E-state index contributed by atoms with van der Waals surface area (Å²) in [5.74, 6) is -0.565. The van der Waals surface area contributed by atoms with Gasteiger partial charge in [-0.05, 0) is 34.7 Å². The first-order chi connectivity index (χ1) is 10.3. The molecule has 9 heteroatoms. The summed E-state index contributed by atoms with van der Waals surface area (Å²) in [5, 5.41) is 2.27. The maximum Gasteiger partial charge on any atom is 0.408 e. The van der Waals surface area contributed by atoms with E-state index in [4.69, 9.17) is 4.74 Å². The highest BCUT2D eigenvalue weighted by Crippen LogP contribution is 2.29. The molecule has 1 N–H and O–H groups in total. The number of alkyl carbamates (subject to hydrolysis) is 1. The van der Waals surface area contributed by atoms with Crippen molar-refractivity contribution in [2.24, 2.45) is 0 Å². The summed E-state index contributed by atoms with van der Waals surface area (Å²) in [7, 11) is 1.39. The lowest BCUT2D eigenvalue weighted by Crippen LogP contribution is -2.63. The van der Waals surface area contributed by atoms with Gasteiger partial charge in [-0.3, -0.25) is 9.69 Å². The van der Waals surface area contributed by atoms with E-state index in [0.29, 0.717) is 0 Å². The third-order valence-electron chi connectivity index (χ3n) is 3.58. The molecule has 1 saturated heterocycles. The van der Waals surface area contributed by atoms with Crippen LogP contribution in [0.4, 0.5) is 18.0 Å². The number of alkyl halides is 3. The molecule has 0 radical (unpaired) electrons. The predicted octanol–water partition coefficient (Wildman–Crippen LogP) is 1.60. The molecule has 134 valence electrons. The highest BCUT2D eigenvalue weighted by Gasteiger charge is 2.47. The smallest absolute Gasteiger partial charge is 0.408 e. The van der Waals surface area contributed by atoms with Crippen molar-refractivity contribution in [2.75, 3.05) is 26.7 Å². The second-order valence-electron chi connectivity index (χ2n) is 6.73. The van der Waals surface area contributed by atoms with Gasteiger partial charge in [0.15, 0.2) is 0 Å². The Bertz CT molecular complexity index is 449. The first-order valence-electron chi connectivity index (χ1n) is 7.34. The van der Waals surface area contributed by atoms with Gasteiger partial charge in [0.2, 0.25) is 5.91 Å². The predicted molar refractivity (Wildman–Crippen MR) is 77.9 cm³/mol. The van der Waals surface area contributed by atoms with Gasteiger partial charge < -0.3 is 15.0 Å². The lowest BCUT2D eigenvalue weighted by molar-refractivity contribution is -0.200. The van der Waals surface area contributed by atoms with Crippen molar-refractivity contribution in [1.29, 1.82) is 0 Å². The zero-order chi connectivity index (χ0) is 18.0. The number of hydrogen-bond donors (Lipinski definition) is 1. The van der Waals surface area contributed by atoms with E-state index in [1.54, 1.807) is 27.7 Å². The van der Waals surface area contributed by atoms with Crippen LogP contribution in [0, 0.1) is 0 Å². The van der Waals surface area contributed by atoms with Crippen LogP contribution in [0.2, 0.25) is 0 Å². The lowest BCUT2D eigenvalue weighted by Gasteiger charge is -2.44.